The molecule has 1 rings (SSSR count). The number of hydrogen-bond donors (Lipinski definition) is 2. The number of halogens is 1. The quantitative estimate of drug-likeness (QED) is 0.640. The van der Waals surface area contributed by atoms with E-state index in [4.69, 9.17) is 16.7 Å². The first-order valence-corrected chi connectivity index (χ1v) is 4.28. The van der Waals surface area contributed by atoms with Crippen molar-refractivity contribution in [3.8, 4) is 0 Å². The number of carbonyl (C=O) groups is 1. The van der Waals surface area contributed by atoms with Gasteiger partial charge in [0.05, 0.1) is 11.1 Å². The van der Waals surface area contributed by atoms with Crippen LogP contribution in [-0.2, 0) is 4.79 Å². The summed E-state index contributed by atoms with van der Waals surface area (Å²) in [4.78, 5) is 10.9. The number of amides is 1. The number of carbonyl (C=O) groups excluding carboxylic acids is 1. The molecule has 0 aromatic heterocycles. The molecule has 0 spiro atoms. The summed E-state index contributed by atoms with van der Waals surface area (Å²) < 4.78 is 0. The number of rotatable bonds is 3. The Labute approximate surface area is 76.4 Å². The minimum Gasteiger partial charge on any atom is -0.393 e. The summed E-state index contributed by atoms with van der Waals surface area (Å²) in [5, 5.41) is 11.6. The number of hydrogen-bond acceptors (Lipinski definition) is 2. The Bertz CT molecular complexity index is 199. The normalized spacial score (nSPS) is 27.5. The van der Waals surface area contributed by atoms with E-state index in [2.05, 4.69) is 11.9 Å². The highest BCUT2D eigenvalue weighted by atomic mass is 35.5. The third-order valence-corrected chi connectivity index (χ3v) is 2.18. The molecule has 12 heavy (non-hydrogen) atoms. The fourth-order valence-corrected chi connectivity index (χ4v) is 1.27. The summed E-state index contributed by atoms with van der Waals surface area (Å²) >= 11 is 5.35. The van der Waals surface area contributed by atoms with E-state index in [1.165, 1.54) is 0 Å². The third-order valence-electron chi connectivity index (χ3n) is 2.01. The van der Waals surface area contributed by atoms with Crippen LogP contribution in [0.25, 0.3) is 0 Å². The Morgan fingerprint density at radius 3 is 2.67 bits per heavy atom. The molecule has 1 fully saturated rings. The second-order valence-electron chi connectivity index (χ2n) is 3.11. The maximum absolute atomic E-state index is 10.9. The monoisotopic (exact) mass is 189 g/mol. The van der Waals surface area contributed by atoms with Gasteiger partial charge in [-0.25, -0.2) is 0 Å². The molecule has 0 unspecified atom stereocenters. The largest absolute Gasteiger partial charge is 0.393 e. The van der Waals surface area contributed by atoms with Gasteiger partial charge in [-0.3, -0.25) is 4.79 Å². The van der Waals surface area contributed by atoms with E-state index in [1.807, 2.05) is 0 Å². The molecule has 1 aliphatic carbocycles. The van der Waals surface area contributed by atoms with Crippen LogP contribution in [0.5, 0.6) is 0 Å². The zero-order chi connectivity index (χ0) is 9.14. The Morgan fingerprint density at radius 1 is 1.67 bits per heavy atom. The molecule has 0 aliphatic heterocycles. The van der Waals surface area contributed by atoms with Gasteiger partial charge < -0.3 is 10.4 Å². The summed E-state index contributed by atoms with van der Waals surface area (Å²) in [5.41, 5.74) is 0. The molecule has 2 N–H and O–H groups in total. The van der Waals surface area contributed by atoms with Crippen LogP contribution in [0.3, 0.4) is 0 Å². The van der Waals surface area contributed by atoms with Crippen LogP contribution in [0.1, 0.15) is 12.8 Å². The molecular weight excluding hydrogens is 178 g/mol. The smallest absolute Gasteiger partial charge is 0.262 e. The summed E-state index contributed by atoms with van der Waals surface area (Å²) in [6.45, 7) is 3.88. The zero-order valence-electron chi connectivity index (χ0n) is 6.72. The van der Waals surface area contributed by atoms with E-state index in [0.717, 1.165) is 12.8 Å². The van der Waals surface area contributed by atoms with Gasteiger partial charge in [0, 0.05) is 6.54 Å². The van der Waals surface area contributed by atoms with Gasteiger partial charge >= 0.3 is 0 Å². The van der Waals surface area contributed by atoms with Gasteiger partial charge in [0.1, 0.15) is 0 Å². The molecule has 0 radical (unpaired) electrons. The van der Waals surface area contributed by atoms with Crippen LogP contribution in [0.2, 0.25) is 0 Å². The van der Waals surface area contributed by atoms with Crippen LogP contribution in [-0.4, -0.2) is 23.7 Å². The predicted octanol–water partition coefficient (Wildman–Crippen LogP) is 0.626. The first kappa shape index (κ1) is 9.55. The van der Waals surface area contributed by atoms with Crippen molar-refractivity contribution in [1.82, 2.24) is 5.32 Å². The van der Waals surface area contributed by atoms with Gasteiger partial charge in [0.15, 0.2) is 0 Å². The lowest BCUT2D eigenvalue weighted by Crippen LogP contribution is -2.38. The Kier molecular flexibility index (Phi) is 3.12. The van der Waals surface area contributed by atoms with E-state index < -0.39 is 0 Å². The second kappa shape index (κ2) is 3.92. The van der Waals surface area contributed by atoms with E-state index in [-0.39, 0.29) is 17.0 Å². The van der Waals surface area contributed by atoms with Crippen molar-refractivity contribution in [2.24, 2.45) is 5.92 Å². The van der Waals surface area contributed by atoms with Crippen molar-refractivity contribution in [3.63, 3.8) is 0 Å². The molecule has 1 saturated carbocycles. The van der Waals surface area contributed by atoms with Crippen molar-refractivity contribution in [2.45, 2.75) is 18.9 Å². The fraction of sp³-hybridized carbons (Fsp3) is 0.625. The van der Waals surface area contributed by atoms with Gasteiger partial charge in [-0.15, -0.1) is 0 Å². The molecule has 68 valence electrons. The predicted molar refractivity (Wildman–Crippen MR) is 46.7 cm³/mol. The van der Waals surface area contributed by atoms with E-state index in [0.29, 0.717) is 12.5 Å². The first-order valence-electron chi connectivity index (χ1n) is 3.90. The van der Waals surface area contributed by atoms with Crippen LogP contribution >= 0.6 is 11.6 Å². The van der Waals surface area contributed by atoms with Crippen molar-refractivity contribution in [1.29, 1.82) is 0 Å². The van der Waals surface area contributed by atoms with E-state index in [9.17, 15) is 4.79 Å². The molecule has 0 bridgehead atoms. The van der Waals surface area contributed by atoms with Gasteiger partial charge in [-0.05, 0) is 18.8 Å². The molecule has 0 saturated heterocycles. The second-order valence-corrected chi connectivity index (χ2v) is 3.56. The summed E-state index contributed by atoms with van der Waals surface area (Å²) in [7, 11) is 0. The van der Waals surface area contributed by atoms with Crippen molar-refractivity contribution in [3.05, 3.63) is 11.6 Å². The van der Waals surface area contributed by atoms with Crippen LogP contribution in [0.4, 0.5) is 0 Å². The lowest BCUT2D eigenvalue weighted by atomic mass is 9.82. The van der Waals surface area contributed by atoms with E-state index >= 15 is 0 Å². The van der Waals surface area contributed by atoms with Crippen LogP contribution in [0.15, 0.2) is 11.6 Å². The van der Waals surface area contributed by atoms with Gasteiger partial charge in [-0.2, -0.15) is 0 Å². The molecule has 1 aliphatic rings. The molecule has 0 aromatic carbocycles. The number of aliphatic hydroxyl groups excluding tert-OH is 1. The Hall–Kier alpha value is -0.540. The minimum atomic E-state index is -0.321. The van der Waals surface area contributed by atoms with Crippen molar-refractivity contribution >= 4 is 17.5 Å². The minimum absolute atomic E-state index is 0.00914. The lowest BCUT2D eigenvalue weighted by Gasteiger charge is -2.31. The molecule has 4 heteroatoms. The average molecular weight is 190 g/mol. The van der Waals surface area contributed by atoms with Crippen LogP contribution in [0, 0.1) is 5.92 Å². The number of aliphatic hydroxyl groups is 1. The molecule has 3 nitrogen and oxygen atoms in total. The highest BCUT2D eigenvalue weighted by Crippen LogP contribution is 2.26. The summed E-state index contributed by atoms with van der Waals surface area (Å²) in [6.07, 6.45) is 1.37. The van der Waals surface area contributed by atoms with Gasteiger partial charge in [-0.1, -0.05) is 18.2 Å². The molecule has 0 atom stereocenters. The number of nitrogens with one attached hydrogen (secondary N) is 1. The highest BCUT2D eigenvalue weighted by molar-refractivity contribution is 6.41. The lowest BCUT2D eigenvalue weighted by molar-refractivity contribution is -0.117. The standard InChI is InChI=1S/C8H12ClNO2/c1-5(9)8(12)10-4-6-2-7(11)3-6/h6-7,11H,1-4H2,(H,10,12). The first-order chi connectivity index (χ1) is 5.59. The fourth-order valence-electron chi connectivity index (χ4n) is 1.20. The molecule has 0 aromatic rings. The molecule has 1 amide bonds. The average Bonchev–Trinajstić information content (AvgIpc) is 1.95. The maximum atomic E-state index is 10.9. The maximum Gasteiger partial charge on any atom is 0.262 e. The van der Waals surface area contributed by atoms with Gasteiger partial charge in [0.2, 0.25) is 0 Å². The van der Waals surface area contributed by atoms with Gasteiger partial charge in [0.25, 0.3) is 5.91 Å². The summed E-state index contributed by atoms with van der Waals surface area (Å²) in [5.74, 6) is 0.0815. The molecular formula is C8H12ClNO2. The SMILES string of the molecule is C=C(Cl)C(=O)NCC1CC(O)C1. The summed E-state index contributed by atoms with van der Waals surface area (Å²) in [6, 6.07) is 0. The molecule has 0 heterocycles. The zero-order valence-corrected chi connectivity index (χ0v) is 7.47. The highest BCUT2D eigenvalue weighted by Gasteiger charge is 2.27. The third kappa shape index (κ3) is 2.50. The van der Waals surface area contributed by atoms with Crippen molar-refractivity contribution in [2.75, 3.05) is 6.54 Å². The van der Waals surface area contributed by atoms with Crippen molar-refractivity contribution < 1.29 is 9.90 Å². The Balaban J connectivity index is 2.10. The Morgan fingerprint density at radius 2 is 2.25 bits per heavy atom. The topological polar surface area (TPSA) is 49.3 Å². The van der Waals surface area contributed by atoms with Crippen LogP contribution < -0.4 is 5.32 Å². The van der Waals surface area contributed by atoms with E-state index in [1.54, 1.807) is 0 Å².